The normalized spacial score (nSPS) is 9.00. The molecule has 0 spiro atoms. The van der Waals surface area contributed by atoms with Crippen LogP contribution < -0.4 is 5.32 Å². The first-order chi connectivity index (χ1) is 14.3. The van der Waals surface area contributed by atoms with E-state index in [4.69, 9.17) is 56.0 Å². The topological polar surface area (TPSA) is 81.1 Å². The minimum absolute atomic E-state index is 0.239. The van der Waals surface area contributed by atoms with Crippen molar-refractivity contribution in [2.75, 3.05) is 7.05 Å². The summed E-state index contributed by atoms with van der Waals surface area (Å²) in [4.78, 5) is 31.3. The highest BCUT2D eigenvalue weighted by molar-refractivity contribution is 6.36. The average molecular weight is 491 g/mol. The largest absolute Gasteiger partial charge is 0.354 e. The van der Waals surface area contributed by atoms with E-state index in [1.165, 1.54) is 6.33 Å². The molecular formula is C20H19Cl4N3O3. The maximum Gasteiger partial charge on any atom is 0.271 e. The number of nitrogens with one attached hydrogen (secondary N) is 1. The summed E-state index contributed by atoms with van der Waals surface area (Å²) in [5.41, 5.74) is 2.04. The first-order valence-electron chi connectivity index (χ1n) is 8.02. The minimum Gasteiger partial charge on any atom is -0.354 e. The van der Waals surface area contributed by atoms with E-state index >= 15 is 0 Å². The summed E-state index contributed by atoms with van der Waals surface area (Å²) < 4.78 is 1.68. The second-order valence-electron chi connectivity index (χ2n) is 5.22. The van der Waals surface area contributed by atoms with Crippen LogP contribution in [0, 0.1) is 6.92 Å². The van der Waals surface area contributed by atoms with Crippen LogP contribution in [0.2, 0.25) is 20.1 Å². The summed E-state index contributed by atoms with van der Waals surface area (Å²) in [7, 11) is 1.55. The molecule has 1 heterocycles. The number of aromatic nitrogens is 2. The molecule has 0 bridgehead atoms. The Morgan fingerprint density at radius 2 is 1.47 bits per heavy atom. The molecule has 0 atom stereocenters. The van der Waals surface area contributed by atoms with E-state index in [9.17, 15) is 4.79 Å². The van der Waals surface area contributed by atoms with Gasteiger partial charge in [0.15, 0.2) is 0 Å². The molecule has 1 aromatic heterocycles. The third-order valence-corrected chi connectivity index (χ3v) is 4.64. The molecule has 0 saturated carbocycles. The number of carbonyl (C=O) groups excluding carboxylic acids is 3. The zero-order valence-corrected chi connectivity index (χ0v) is 19.2. The number of nitrogens with zero attached hydrogens (tertiary/aromatic N) is 2. The van der Waals surface area contributed by atoms with Crippen molar-refractivity contribution < 1.29 is 14.4 Å². The van der Waals surface area contributed by atoms with Gasteiger partial charge in [0, 0.05) is 39.0 Å². The van der Waals surface area contributed by atoms with Crippen LogP contribution in [0.25, 0.3) is 5.69 Å². The Morgan fingerprint density at radius 3 is 1.90 bits per heavy atom. The molecule has 0 radical (unpaired) electrons. The van der Waals surface area contributed by atoms with Crippen LogP contribution in [0.15, 0.2) is 48.9 Å². The van der Waals surface area contributed by atoms with E-state index in [1.807, 2.05) is 38.7 Å². The van der Waals surface area contributed by atoms with Gasteiger partial charge in [0.25, 0.3) is 5.91 Å². The van der Waals surface area contributed by atoms with Crippen molar-refractivity contribution in [3.63, 3.8) is 0 Å². The Kier molecular flexibility index (Phi) is 13.4. The molecule has 1 N–H and O–H groups in total. The molecule has 160 valence electrons. The van der Waals surface area contributed by atoms with Gasteiger partial charge in [-0.15, -0.1) is 0 Å². The summed E-state index contributed by atoms with van der Waals surface area (Å²) in [6, 6.07) is 10.6. The number of hydrogen-bond acceptors (Lipinski definition) is 4. The van der Waals surface area contributed by atoms with Crippen molar-refractivity contribution >= 4 is 65.9 Å². The molecular weight excluding hydrogens is 472 g/mol. The Morgan fingerprint density at radius 1 is 0.967 bits per heavy atom. The number of rotatable bonds is 2. The van der Waals surface area contributed by atoms with Crippen LogP contribution in [-0.4, -0.2) is 36.1 Å². The number of carbonyl (C=O) groups is 3. The molecule has 0 aliphatic heterocycles. The van der Waals surface area contributed by atoms with Crippen LogP contribution in [-0.2, 0) is 9.59 Å². The standard InChI is InChI=1S/C11H9Cl2N3O.C7H6Cl2.2CH2O/c1-14-11(17)10-5-16(6-15-10)9-3-7(12)2-8(13)4-9;1-5-6(8)3-2-4-7(5)9;2*1-2/h2-6H,1H3,(H,14,17);2-4H,1H3;2*1H2. The lowest BCUT2D eigenvalue weighted by Crippen LogP contribution is -2.17. The first kappa shape index (κ1) is 27.6. The van der Waals surface area contributed by atoms with Crippen LogP contribution >= 0.6 is 46.4 Å². The zero-order valence-electron chi connectivity index (χ0n) is 16.2. The van der Waals surface area contributed by atoms with Crippen molar-refractivity contribution in [1.82, 2.24) is 14.9 Å². The van der Waals surface area contributed by atoms with Crippen LogP contribution in [0.1, 0.15) is 16.1 Å². The fourth-order valence-electron chi connectivity index (χ4n) is 1.98. The minimum atomic E-state index is -0.239. The third kappa shape index (κ3) is 8.55. The van der Waals surface area contributed by atoms with E-state index < -0.39 is 0 Å². The molecule has 3 rings (SSSR count). The van der Waals surface area contributed by atoms with E-state index in [1.54, 1.807) is 36.0 Å². The Hall–Kier alpha value is -2.38. The maximum atomic E-state index is 11.4. The van der Waals surface area contributed by atoms with E-state index in [-0.39, 0.29) is 5.91 Å². The number of benzene rings is 2. The zero-order chi connectivity index (χ0) is 23.3. The molecule has 2 aromatic carbocycles. The van der Waals surface area contributed by atoms with Gasteiger partial charge in [-0.3, -0.25) is 4.79 Å². The van der Waals surface area contributed by atoms with Gasteiger partial charge < -0.3 is 19.5 Å². The number of halogens is 4. The van der Waals surface area contributed by atoms with Crippen molar-refractivity contribution in [2.24, 2.45) is 0 Å². The quantitative estimate of drug-likeness (QED) is 0.516. The number of imidazole rings is 1. The fraction of sp³-hybridized carbons (Fsp3) is 0.100. The van der Waals surface area contributed by atoms with E-state index in [0.29, 0.717) is 15.7 Å². The lowest BCUT2D eigenvalue weighted by Gasteiger charge is -2.03. The molecule has 0 aliphatic rings. The van der Waals surface area contributed by atoms with Gasteiger partial charge in [-0.25, -0.2) is 4.98 Å². The lowest BCUT2D eigenvalue weighted by atomic mass is 10.2. The van der Waals surface area contributed by atoms with E-state index in [2.05, 4.69) is 10.3 Å². The monoisotopic (exact) mass is 489 g/mol. The molecule has 0 saturated heterocycles. The Bertz CT molecular complexity index is 922. The number of hydrogen-bond donors (Lipinski definition) is 1. The first-order valence-corrected chi connectivity index (χ1v) is 9.54. The molecule has 30 heavy (non-hydrogen) atoms. The number of amides is 1. The smallest absolute Gasteiger partial charge is 0.271 e. The van der Waals surface area contributed by atoms with E-state index in [0.717, 1.165) is 21.3 Å². The molecule has 0 fully saturated rings. The van der Waals surface area contributed by atoms with Crippen molar-refractivity contribution in [2.45, 2.75) is 6.92 Å². The predicted molar refractivity (Wildman–Crippen MR) is 122 cm³/mol. The van der Waals surface area contributed by atoms with Crippen molar-refractivity contribution in [3.8, 4) is 5.69 Å². The fourth-order valence-corrected chi connectivity index (χ4v) is 2.89. The summed E-state index contributed by atoms with van der Waals surface area (Å²) in [6.07, 6.45) is 3.15. The summed E-state index contributed by atoms with van der Waals surface area (Å²) in [5.74, 6) is -0.239. The highest BCUT2D eigenvalue weighted by Crippen LogP contribution is 2.22. The van der Waals surface area contributed by atoms with Gasteiger partial charge in [0.1, 0.15) is 25.6 Å². The molecule has 6 nitrogen and oxygen atoms in total. The highest BCUT2D eigenvalue weighted by atomic mass is 35.5. The molecule has 0 aliphatic carbocycles. The molecule has 0 unspecified atom stereocenters. The predicted octanol–water partition coefficient (Wildman–Crippen LogP) is 5.47. The summed E-state index contributed by atoms with van der Waals surface area (Å²) >= 11 is 23.3. The Labute approximate surface area is 194 Å². The SMILES string of the molecule is C=O.C=O.CNC(=O)c1cn(-c2cc(Cl)cc(Cl)c2)cn1.Cc1c(Cl)cccc1Cl. The molecule has 3 aromatic rings. The van der Waals surface area contributed by atoms with Crippen LogP contribution in [0.5, 0.6) is 0 Å². The van der Waals surface area contributed by atoms with Gasteiger partial charge >= 0.3 is 0 Å². The summed E-state index contributed by atoms with van der Waals surface area (Å²) in [5, 5.41) is 5.01. The van der Waals surface area contributed by atoms with Gasteiger partial charge in [0.2, 0.25) is 0 Å². The van der Waals surface area contributed by atoms with Gasteiger partial charge in [-0.1, -0.05) is 52.5 Å². The highest BCUT2D eigenvalue weighted by Gasteiger charge is 2.08. The molecule has 10 heteroatoms. The third-order valence-electron chi connectivity index (χ3n) is 3.39. The van der Waals surface area contributed by atoms with Gasteiger partial charge in [-0.2, -0.15) is 0 Å². The van der Waals surface area contributed by atoms with Gasteiger partial charge in [0.05, 0.1) is 0 Å². The maximum absolute atomic E-state index is 11.4. The van der Waals surface area contributed by atoms with Gasteiger partial charge in [-0.05, 0) is 42.8 Å². The summed E-state index contributed by atoms with van der Waals surface area (Å²) in [6.45, 7) is 5.89. The second kappa shape index (κ2) is 14.6. The average Bonchev–Trinajstić information content (AvgIpc) is 3.24. The van der Waals surface area contributed by atoms with Crippen molar-refractivity contribution in [1.29, 1.82) is 0 Å². The lowest BCUT2D eigenvalue weighted by molar-refractivity contribution is -0.0987. The second-order valence-corrected chi connectivity index (χ2v) is 6.91. The van der Waals surface area contributed by atoms with Crippen molar-refractivity contribution in [3.05, 3.63) is 80.3 Å². The Balaban J connectivity index is 0.000000547. The molecule has 1 amide bonds. The van der Waals surface area contributed by atoms with Crippen LogP contribution in [0.4, 0.5) is 0 Å². The van der Waals surface area contributed by atoms with Crippen LogP contribution in [0.3, 0.4) is 0 Å².